The van der Waals surface area contributed by atoms with Gasteiger partial charge in [-0.05, 0) is 53.1 Å². The summed E-state index contributed by atoms with van der Waals surface area (Å²) in [6, 6.07) is 4.13. The molecule has 1 heterocycles. The van der Waals surface area contributed by atoms with Gasteiger partial charge in [0.2, 0.25) is 0 Å². The van der Waals surface area contributed by atoms with E-state index in [0.29, 0.717) is 6.10 Å². The van der Waals surface area contributed by atoms with Crippen molar-refractivity contribution >= 4 is 22.6 Å². The van der Waals surface area contributed by atoms with Crippen LogP contribution in [0, 0.1) is 3.57 Å². The van der Waals surface area contributed by atoms with Crippen molar-refractivity contribution in [1.82, 2.24) is 5.32 Å². The molecule has 0 saturated carbocycles. The van der Waals surface area contributed by atoms with Gasteiger partial charge in [-0.25, -0.2) is 0 Å². The largest absolute Gasteiger partial charge is 0.493 e. The van der Waals surface area contributed by atoms with Crippen molar-refractivity contribution in [2.45, 2.75) is 25.5 Å². The van der Waals surface area contributed by atoms with E-state index in [1.165, 1.54) is 12.0 Å². The van der Waals surface area contributed by atoms with Crippen LogP contribution in [0.5, 0.6) is 11.5 Å². The molecule has 1 fully saturated rings. The summed E-state index contributed by atoms with van der Waals surface area (Å²) in [5.74, 6) is 1.58. The van der Waals surface area contributed by atoms with Crippen LogP contribution in [-0.4, -0.2) is 33.5 Å². The Hall–Kier alpha value is -0.530. The van der Waals surface area contributed by atoms with Crippen LogP contribution in [0.25, 0.3) is 0 Å². The number of rotatable bonds is 6. The fourth-order valence-corrected chi connectivity index (χ4v) is 3.14. The first-order chi connectivity index (χ1) is 9.24. The first kappa shape index (κ1) is 14.9. The molecule has 1 saturated heterocycles. The van der Waals surface area contributed by atoms with E-state index in [4.69, 9.17) is 14.2 Å². The summed E-state index contributed by atoms with van der Waals surface area (Å²) in [5.41, 5.74) is 1.19. The zero-order valence-corrected chi connectivity index (χ0v) is 13.5. The summed E-state index contributed by atoms with van der Waals surface area (Å²) < 4.78 is 17.3. The first-order valence-corrected chi connectivity index (χ1v) is 7.55. The van der Waals surface area contributed by atoms with E-state index in [1.54, 1.807) is 14.2 Å². The van der Waals surface area contributed by atoms with Crippen molar-refractivity contribution in [1.29, 1.82) is 0 Å². The predicted octanol–water partition coefficient (Wildman–Crippen LogP) is 2.58. The molecule has 0 bridgehead atoms. The minimum absolute atomic E-state index is 0.374. The number of benzene rings is 1. The van der Waals surface area contributed by atoms with E-state index in [-0.39, 0.29) is 0 Å². The van der Waals surface area contributed by atoms with Gasteiger partial charge in [0.25, 0.3) is 0 Å². The van der Waals surface area contributed by atoms with Crippen molar-refractivity contribution in [3.8, 4) is 11.5 Å². The molecule has 0 radical (unpaired) electrons. The minimum atomic E-state index is 0.374. The highest BCUT2D eigenvalue weighted by molar-refractivity contribution is 14.1. The maximum atomic E-state index is 5.59. The average molecular weight is 377 g/mol. The molecule has 19 heavy (non-hydrogen) atoms. The SMILES string of the molecule is COc1cc(CNCC2CCCO2)cc(I)c1OC. The van der Waals surface area contributed by atoms with E-state index in [1.807, 2.05) is 6.07 Å². The molecular formula is C14H20INO3. The standard InChI is InChI=1S/C14H20INO3/c1-17-13-7-10(6-12(15)14(13)18-2)8-16-9-11-4-3-5-19-11/h6-7,11,16H,3-5,8-9H2,1-2H3. The van der Waals surface area contributed by atoms with Crippen LogP contribution in [0.2, 0.25) is 0 Å². The Morgan fingerprint density at radius 2 is 2.21 bits per heavy atom. The monoisotopic (exact) mass is 377 g/mol. The first-order valence-electron chi connectivity index (χ1n) is 6.47. The van der Waals surface area contributed by atoms with Gasteiger partial charge in [-0.3, -0.25) is 0 Å². The highest BCUT2D eigenvalue weighted by atomic mass is 127. The van der Waals surface area contributed by atoms with Crippen LogP contribution >= 0.6 is 22.6 Å². The molecule has 1 aliphatic rings. The topological polar surface area (TPSA) is 39.7 Å². The maximum Gasteiger partial charge on any atom is 0.174 e. The molecule has 106 valence electrons. The van der Waals surface area contributed by atoms with Crippen molar-refractivity contribution < 1.29 is 14.2 Å². The molecular weight excluding hydrogens is 357 g/mol. The molecule has 0 aliphatic carbocycles. The van der Waals surface area contributed by atoms with E-state index in [0.717, 1.165) is 41.2 Å². The summed E-state index contributed by atoms with van der Waals surface area (Å²) in [6.45, 7) is 2.63. The quantitative estimate of drug-likeness (QED) is 0.774. The average Bonchev–Trinajstić information content (AvgIpc) is 2.91. The van der Waals surface area contributed by atoms with Crippen LogP contribution in [0.15, 0.2) is 12.1 Å². The van der Waals surface area contributed by atoms with Crippen LogP contribution in [0.4, 0.5) is 0 Å². The fraction of sp³-hybridized carbons (Fsp3) is 0.571. The third kappa shape index (κ3) is 3.97. The lowest BCUT2D eigenvalue weighted by Gasteiger charge is -2.14. The number of hydrogen-bond donors (Lipinski definition) is 1. The lowest BCUT2D eigenvalue weighted by molar-refractivity contribution is 0.110. The van der Waals surface area contributed by atoms with E-state index in [2.05, 4.69) is 34.0 Å². The maximum absolute atomic E-state index is 5.59. The predicted molar refractivity (Wildman–Crippen MR) is 82.9 cm³/mol. The van der Waals surface area contributed by atoms with Crippen LogP contribution in [0.3, 0.4) is 0 Å². The second kappa shape index (κ2) is 7.31. The number of methoxy groups -OCH3 is 2. The van der Waals surface area contributed by atoms with Crippen LogP contribution in [0.1, 0.15) is 18.4 Å². The lowest BCUT2D eigenvalue weighted by Crippen LogP contribution is -2.25. The van der Waals surface area contributed by atoms with Gasteiger partial charge in [-0.15, -0.1) is 0 Å². The zero-order chi connectivity index (χ0) is 13.7. The molecule has 5 heteroatoms. The summed E-state index contributed by atoms with van der Waals surface area (Å²) >= 11 is 2.27. The number of nitrogens with one attached hydrogen (secondary N) is 1. The Kier molecular flexibility index (Phi) is 5.72. The molecule has 1 aliphatic heterocycles. The number of halogens is 1. The van der Waals surface area contributed by atoms with Gasteiger partial charge in [0, 0.05) is 19.7 Å². The van der Waals surface area contributed by atoms with Crippen LogP contribution < -0.4 is 14.8 Å². The van der Waals surface area contributed by atoms with E-state index < -0.39 is 0 Å². The van der Waals surface area contributed by atoms with Gasteiger partial charge in [0.1, 0.15) is 0 Å². The highest BCUT2D eigenvalue weighted by Gasteiger charge is 2.15. The minimum Gasteiger partial charge on any atom is -0.493 e. The van der Waals surface area contributed by atoms with Crippen molar-refractivity contribution in [3.05, 3.63) is 21.3 Å². The molecule has 1 unspecified atom stereocenters. The van der Waals surface area contributed by atoms with Gasteiger partial charge in [0.05, 0.1) is 23.9 Å². The molecule has 0 spiro atoms. The summed E-state index contributed by atoms with van der Waals surface area (Å²) in [5, 5.41) is 3.43. The van der Waals surface area contributed by atoms with E-state index >= 15 is 0 Å². The lowest BCUT2D eigenvalue weighted by atomic mass is 10.2. The smallest absolute Gasteiger partial charge is 0.174 e. The Labute approximate surface area is 127 Å². The molecule has 1 N–H and O–H groups in total. The second-order valence-electron chi connectivity index (χ2n) is 4.58. The third-order valence-electron chi connectivity index (χ3n) is 3.22. The molecule has 0 aromatic heterocycles. The number of hydrogen-bond acceptors (Lipinski definition) is 4. The van der Waals surface area contributed by atoms with Crippen molar-refractivity contribution in [3.63, 3.8) is 0 Å². The summed E-state index contributed by atoms with van der Waals surface area (Å²) in [7, 11) is 3.33. The summed E-state index contributed by atoms with van der Waals surface area (Å²) in [6.07, 6.45) is 2.72. The second-order valence-corrected chi connectivity index (χ2v) is 5.74. The van der Waals surface area contributed by atoms with E-state index in [9.17, 15) is 0 Å². The third-order valence-corrected chi connectivity index (χ3v) is 4.02. The molecule has 4 nitrogen and oxygen atoms in total. The van der Waals surface area contributed by atoms with Crippen LogP contribution in [-0.2, 0) is 11.3 Å². The Morgan fingerprint density at radius 1 is 1.37 bits per heavy atom. The normalized spacial score (nSPS) is 18.6. The Bertz CT molecular complexity index is 419. The van der Waals surface area contributed by atoms with Crippen molar-refractivity contribution in [2.24, 2.45) is 0 Å². The zero-order valence-electron chi connectivity index (χ0n) is 11.4. The van der Waals surface area contributed by atoms with Crippen molar-refractivity contribution in [2.75, 3.05) is 27.4 Å². The van der Waals surface area contributed by atoms with Gasteiger partial charge in [0.15, 0.2) is 11.5 Å². The van der Waals surface area contributed by atoms with Gasteiger partial charge >= 0.3 is 0 Å². The van der Waals surface area contributed by atoms with Gasteiger partial charge in [-0.2, -0.15) is 0 Å². The number of ether oxygens (including phenoxy) is 3. The van der Waals surface area contributed by atoms with Gasteiger partial charge in [-0.1, -0.05) is 0 Å². The fourth-order valence-electron chi connectivity index (χ4n) is 2.26. The molecule has 2 rings (SSSR count). The summed E-state index contributed by atoms with van der Waals surface area (Å²) in [4.78, 5) is 0. The molecule has 1 aromatic rings. The molecule has 1 aromatic carbocycles. The molecule has 0 amide bonds. The molecule has 1 atom stereocenters. The Balaban J connectivity index is 1.94. The highest BCUT2D eigenvalue weighted by Crippen LogP contribution is 2.33. The Morgan fingerprint density at radius 3 is 2.84 bits per heavy atom. The van der Waals surface area contributed by atoms with Gasteiger partial charge < -0.3 is 19.5 Å².